The van der Waals surface area contributed by atoms with Gasteiger partial charge < -0.3 is 20.1 Å². The van der Waals surface area contributed by atoms with Gasteiger partial charge in [-0.2, -0.15) is 0 Å². The lowest BCUT2D eigenvalue weighted by Crippen LogP contribution is -2.30. The molecule has 2 aromatic heterocycles. The van der Waals surface area contributed by atoms with Crippen LogP contribution in [0.15, 0.2) is 47.2 Å². The van der Waals surface area contributed by atoms with Crippen LogP contribution in [0.3, 0.4) is 0 Å². The normalized spacial score (nSPS) is 17.3. The number of nitrogens with zero attached hydrogens (tertiary/aromatic N) is 3. The van der Waals surface area contributed by atoms with E-state index >= 15 is 0 Å². The number of imidazole rings is 1. The highest BCUT2D eigenvalue weighted by Gasteiger charge is 2.43. The number of aryl methyl sites for hydroxylation is 1. The van der Waals surface area contributed by atoms with Crippen molar-refractivity contribution in [2.45, 2.75) is 32.2 Å². The number of benzene rings is 1. The molecule has 0 bridgehead atoms. The first-order valence-electron chi connectivity index (χ1n) is 10.2. The van der Waals surface area contributed by atoms with Crippen LogP contribution in [-0.4, -0.2) is 33.7 Å². The molecular formula is C23H25N5O2. The van der Waals surface area contributed by atoms with Gasteiger partial charge in [0.15, 0.2) is 0 Å². The van der Waals surface area contributed by atoms with Crippen molar-refractivity contribution in [2.24, 2.45) is 11.7 Å². The van der Waals surface area contributed by atoms with E-state index in [-0.39, 0.29) is 17.7 Å². The van der Waals surface area contributed by atoms with Crippen molar-refractivity contribution in [3.8, 4) is 11.8 Å². The zero-order chi connectivity index (χ0) is 20.9. The third-order valence-electron chi connectivity index (χ3n) is 5.25. The largest absolute Gasteiger partial charge is 0.355 e. The smallest absolute Gasteiger partial charge is 0.223 e. The predicted octanol–water partition coefficient (Wildman–Crippen LogP) is 2.06. The van der Waals surface area contributed by atoms with Crippen molar-refractivity contribution < 1.29 is 9.32 Å². The van der Waals surface area contributed by atoms with E-state index < -0.39 is 0 Å². The SMILES string of the molecule is CCc1nccn1Cc1cc(C#Cc2ccc(C3CC3C(=O)NCCN)cc2)on1. The van der Waals surface area contributed by atoms with Crippen LogP contribution in [0.5, 0.6) is 0 Å². The maximum atomic E-state index is 12.0. The van der Waals surface area contributed by atoms with Crippen LogP contribution in [0, 0.1) is 17.8 Å². The molecule has 1 amide bonds. The number of hydrogen-bond donors (Lipinski definition) is 2. The van der Waals surface area contributed by atoms with Gasteiger partial charge in [0.2, 0.25) is 11.7 Å². The Morgan fingerprint density at radius 2 is 2.17 bits per heavy atom. The second kappa shape index (κ2) is 8.97. The second-order valence-electron chi connectivity index (χ2n) is 7.41. The highest BCUT2D eigenvalue weighted by molar-refractivity contribution is 5.82. The van der Waals surface area contributed by atoms with Crippen molar-refractivity contribution in [2.75, 3.05) is 13.1 Å². The lowest BCUT2D eigenvalue weighted by atomic mass is 10.1. The fourth-order valence-corrected chi connectivity index (χ4v) is 3.55. The molecule has 0 spiro atoms. The molecule has 3 aromatic rings. The molecule has 3 N–H and O–H groups in total. The second-order valence-corrected chi connectivity index (χ2v) is 7.41. The van der Waals surface area contributed by atoms with Crippen LogP contribution < -0.4 is 11.1 Å². The molecule has 30 heavy (non-hydrogen) atoms. The monoisotopic (exact) mass is 403 g/mol. The Labute approximate surface area is 175 Å². The maximum Gasteiger partial charge on any atom is 0.223 e. The molecule has 7 heteroatoms. The summed E-state index contributed by atoms with van der Waals surface area (Å²) in [5.74, 6) is 8.12. The van der Waals surface area contributed by atoms with E-state index in [2.05, 4.69) is 38.8 Å². The molecule has 7 nitrogen and oxygen atoms in total. The summed E-state index contributed by atoms with van der Waals surface area (Å²) in [5.41, 5.74) is 8.31. The summed E-state index contributed by atoms with van der Waals surface area (Å²) in [5, 5.41) is 6.96. The quantitative estimate of drug-likeness (QED) is 0.589. The molecule has 154 valence electrons. The molecule has 2 atom stereocenters. The van der Waals surface area contributed by atoms with E-state index in [9.17, 15) is 4.79 Å². The van der Waals surface area contributed by atoms with E-state index in [1.165, 1.54) is 5.56 Å². The van der Waals surface area contributed by atoms with E-state index in [4.69, 9.17) is 10.3 Å². The minimum atomic E-state index is 0.0600. The summed E-state index contributed by atoms with van der Waals surface area (Å²) in [7, 11) is 0. The zero-order valence-corrected chi connectivity index (χ0v) is 17.0. The summed E-state index contributed by atoms with van der Waals surface area (Å²) >= 11 is 0. The molecule has 0 aliphatic heterocycles. The Morgan fingerprint density at radius 3 is 2.93 bits per heavy atom. The van der Waals surface area contributed by atoms with Crippen molar-refractivity contribution in [3.63, 3.8) is 0 Å². The molecule has 1 saturated carbocycles. The van der Waals surface area contributed by atoms with Gasteiger partial charge in [0.25, 0.3) is 0 Å². The number of rotatable bonds is 7. The Morgan fingerprint density at radius 1 is 1.33 bits per heavy atom. The molecule has 4 rings (SSSR count). The summed E-state index contributed by atoms with van der Waals surface area (Å²) in [6.07, 6.45) is 5.48. The predicted molar refractivity (Wildman–Crippen MR) is 113 cm³/mol. The number of amides is 1. The number of nitrogens with one attached hydrogen (secondary N) is 1. The Hall–Kier alpha value is -3.37. The molecule has 1 aliphatic carbocycles. The van der Waals surface area contributed by atoms with Gasteiger partial charge in [0.1, 0.15) is 11.5 Å². The van der Waals surface area contributed by atoms with Crippen LogP contribution >= 0.6 is 0 Å². The van der Waals surface area contributed by atoms with Crippen LogP contribution in [-0.2, 0) is 17.8 Å². The Kier molecular flexibility index (Phi) is 5.96. The summed E-state index contributed by atoms with van der Waals surface area (Å²) < 4.78 is 7.39. The third kappa shape index (κ3) is 4.61. The first kappa shape index (κ1) is 19.9. The molecule has 0 radical (unpaired) electrons. The molecule has 1 aliphatic rings. The lowest BCUT2D eigenvalue weighted by molar-refractivity contribution is -0.122. The lowest BCUT2D eigenvalue weighted by Gasteiger charge is -2.03. The first-order chi connectivity index (χ1) is 14.7. The zero-order valence-electron chi connectivity index (χ0n) is 17.0. The van der Waals surface area contributed by atoms with Gasteiger partial charge in [-0.1, -0.05) is 30.1 Å². The summed E-state index contributed by atoms with van der Waals surface area (Å²) in [6, 6.07) is 9.90. The third-order valence-corrected chi connectivity index (χ3v) is 5.25. The number of carbonyl (C=O) groups excluding carboxylic acids is 1. The molecule has 1 fully saturated rings. The molecule has 2 unspecified atom stereocenters. The molecular weight excluding hydrogens is 378 g/mol. The van der Waals surface area contributed by atoms with Crippen molar-refractivity contribution in [1.29, 1.82) is 0 Å². The van der Waals surface area contributed by atoms with Gasteiger partial charge >= 0.3 is 0 Å². The van der Waals surface area contributed by atoms with Gasteiger partial charge in [-0.15, -0.1) is 0 Å². The van der Waals surface area contributed by atoms with E-state index in [1.807, 2.05) is 36.5 Å². The standard InChI is InChI=1S/C23H25N5O2/c1-2-22-25-11-12-28(22)15-18-13-19(30-27-18)8-5-16-3-6-17(7-4-16)20-14-21(20)23(29)26-10-9-24/h3-4,6-7,11-13,20-21H,2,9-10,14-15,24H2,1H3,(H,26,29). The van der Waals surface area contributed by atoms with Crippen molar-refractivity contribution >= 4 is 5.91 Å². The van der Waals surface area contributed by atoms with Crippen molar-refractivity contribution in [1.82, 2.24) is 20.0 Å². The number of aromatic nitrogens is 3. The minimum absolute atomic E-state index is 0.0600. The van der Waals surface area contributed by atoms with Gasteiger partial charge in [-0.3, -0.25) is 4.79 Å². The topological polar surface area (TPSA) is 99.0 Å². The number of hydrogen-bond acceptors (Lipinski definition) is 5. The highest BCUT2D eigenvalue weighted by atomic mass is 16.5. The fraction of sp³-hybridized carbons (Fsp3) is 0.348. The molecule has 0 saturated heterocycles. The Bertz CT molecular complexity index is 1070. The van der Waals surface area contributed by atoms with Gasteiger partial charge in [-0.25, -0.2) is 4.98 Å². The van der Waals surface area contributed by atoms with Crippen LogP contribution in [0.2, 0.25) is 0 Å². The van der Waals surface area contributed by atoms with Gasteiger partial charge in [0.05, 0.1) is 6.54 Å². The van der Waals surface area contributed by atoms with Gasteiger partial charge in [0, 0.05) is 49.5 Å². The summed E-state index contributed by atoms with van der Waals surface area (Å²) in [4.78, 5) is 16.3. The van der Waals surface area contributed by atoms with E-state index in [0.717, 1.165) is 29.9 Å². The highest BCUT2D eigenvalue weighted by Crippen LogP contribution is 2.47. The van der Waals surface area contributed by atoms with Crippen LogP contribution in [0.4, 0.5) is 0 Å². The van der Waals surface area contributed by atoms with Gasteiger partial charge in [-0.05, 0) is 36.0 Å². The Balaban J connectivity index is 1.35. The average Bonchev–Trinajstić information content (AvgIpc) is 3.23. The number of carbonyl (C=O) groups is 1. The van der Waals surface area contributed by atoms with E-state index in [0.29, 0.717) is 25.4 Å². The maximum absolute atomic E-state index is 12.0. The average molecular weight is 403 g/mol. The number of nitrogens with two attached hydrogens (primary N) is 1. The summed E-state index contributed by atoms with van der Waals surface area (Å²) in [6.45, 7) is 3.68. The first-order valence-corrected chi connectivity index (χ1v) is 10.2. The van der Waals surface area contributed by atoms with Crippen LogP contribution in [0.1, 0.15) is 47.7 Å². The van der Waals surface area contributed by atoms with Crippen LogP contribution in [0.25, 0.3) is 0 Å². The van der Waals surface area contributed by atoms with E-state index in [1.54, 1.807) is 6.20 Å². The molecule has 1 aromatic carbocycles. The van der Waals surface area contributed by atoms with Crippen molar-refractivity contribution in [3.05, 3.63) is 71.1 Å². The molecule has 2 heterocycles. The minimum Gasteiger partial charge on any atom is -0.355 e. The fourth-order valence-electron chi connectivity index (χ4n) is 3.55.